The highest BCUT2D eigenvalue weighted by Crippen LogP contribution is 2.44. The van der Waals surface area contributed by atoms with Crippen LogP contribution in [0, 0.1) is 34.5 Å². The molecule has 62 heavy (non-hydrogen) atoms. The van der Waals surface area contributed by atoms with Crippen LogP contribution in [-0.2, 0) is 19.3 Å². The zero-order chi connectivity index (χ0) is 45.8. The lowest BCUT2D eigenvalue weighted by Gasteiger charge is -2.45. The van der Waals surface area contributed by atoms with E-state index < -0.39 is 33.1 Å². The second-order valence-electron chi connectivity index (χ2n) is 20.7. The summed E-state index contributed by atoms with van der Waals surface area (Å²) in [6.45, 7) is 32.4. The third kappa shape index (κ3) is 13.9. The van der Waals surface area contributed by atoms with Crippen molar-refractivity contribution in [3.05, 3.63) is 72.4 Å². The molecule has 350 valence electrons. The number of hydrogen-bond acceptors (Lipinski definition) is 7. The molecular weight excluding hydrogens is 791 g/mol. The van der Waals surface area contributed by atoms with E-state index >= 15 is 0 Å². The van der Waals surface area contributed by atoms with Crippen LogP contribution in [0.25, 0.3) is 0 Å². The maximum Gasteiger partial charge on any atom is 0.246 e. The van der Waals surface area contributed by atoms with Crippen molar-refractivity contribution in [1.29, 1.82) is 0 Å². The number of nitrogens with two attached hydrogens (primary N) is 1. The first-order chi connectivity index (χ1) is 29.2. The van der Waals surface area contributed by atoms with E-state index in [1.165, 1.54) is 51.4 Å². The average Bonchev–Trinajstić information content (AvgIpc) is 4.04. The lowest BCUT2D eigenvalue weighted by Crippen LogP contribution is -2.60. The number of hydrogen-bond donors (Lipinski definition) is 5. The second kappa shape index (κ2) is 22.8. The third-order valence-electron chi connectivity index (χ3n) is 14.4. The number of amides is 2. The van der Waals surface area contributed by atoms with Crippen molar-refractivity contribution in [1.82, 2.24) is 30.5 Å². The largest absolute Gasteiger partial charge is 0.387 e. The summed E-state index contributed by atoms with van der Waals surface area (Å²) in [6.07, 6.45) is 24.3. The number of allylic oxidation sites excluding steroid dienone is 5. The van der Waals surface area contributed by atoms with Gasteiger partial charge in [-0.25, -0.2) is 4.21 Å². The Morgan fingerprint density at radius 2 is 1.66 bits per heavy atom. The summed E-state index contributed by atoms with van der Waals surface area (Å²) in [6, 6.07) is -1.16. The van der Waals surface area contributed by atoms with Gasteiger partial charge in [-0.1, -0.05) is 112 Å². The Morgan fingerprint density at radius 1 is 1.02 bits per heavy atom. The molecule has 6 unspecified atom stereocenters. The highest BCUT2D eigenvalue weighted by Gasteiger charge is 2.43. The molecule has 0 aromatic heterocycles. The molecular formula is C51H87N7O3S. The minimum atomic E-state index is -2.50. The quantitative estimate of drug-likeness (QED) is 0.0610. The molecule has 1 saturated heterocycles. The van der Waals surface area contributed by atoms with E-state index in [2.05, 4.69) is 105 Å². The van der Waals surface area contributed by atoms with Gasteiger partial charge < -0.3 is 36.2 Å². The Labute approximate surface area is 378 Å². The average molecular weight is 878 g/mol. The summed E-state index contributed by atoms with van der Waals surface area (Å²) >= 11 is 0. The van der Waals surface area contributed by atoms with Crippen molar-refractivity contribution in [2.75, 3.05) is 26.7 Å². The molecule has 0 spiro atoms. The normalized spacial score (nSPS) is 25.0. The van der Waals surface area contributed by atoms with Gasteiger partial charge in [0.25, 0.3) is 0 Å². The van der Waals surface area contributed by atoms with Gasteiger partial charge in [-0.15, -0.1) is 6.58 Å². The molecule has 1 heterocycles. The van der Waals surface area contributed by atoms with Gasteiger partial charge in [0.05, 0.1) is 26.5 Å². The number of rotatable bonds is 20. The van der Waals surface area contributed by atoms with E-state index in [0.717, 1.165) is 92.3 Å². The number of carbonyl (C=O) groups excluding carboxylic acids is 2. The van der Waals surface area contributed by atoms with Gasteiger partial charge in [-0.05, 0) is 111 Å². The Balaban J connectivity index is 0.000000368. The number of likely N-dealkylation sites (N-methyl/N-ethyl adjacent to an activating group) is 1. The SMILES string of the molecule is C=C(NC(C(=O)N(C[C@H]1CCCCC1(C)C)C(CCC)C(N)=O)C(C)(C)C)C(NC(=C)N1CCCCC1)C1CCCCC1.C=CC1CC1C(=C)NS(=C)(=O)C1=C(NC)C=CCC1. The topological polar surface area (TPSA) is 132 Å². The van der Waals surface area contributed by atoms with Crippen LogP contribution >= 0.6 is 0 Å². The minimum Gasteiger partial charge on any atom is -0.387 e. The van der Waals surface area contributed by atoms with Crippen molar-refractivity contribution < 1.29 is 13.8 Å². The predicted octanol–water partition coefficient (Wildman–Crippen LogP) is 9.02. The number of nitrogens with one attached hydrogen (secondary N) is 4. The number of nitrogens with zero attached hydrogens (tertiary/aromatic N) is 2. The Bertz CT molecular complexity index is 1750. The number of carbonyl (C=O) groups is 2. The molecule has 0 radical (unpaired) electrons. The van der Waals surface area contributed by atoms with Crippen molar-refractivity contribution in [3.8, 4) is 0 Å². The first-order valence-electron chi connectivity index (χ1n) is 24.0. The van der Waals surface area contributed by atoms with Crippen LogP contribution < -0.4 is 26.4 Å². The molecule has 6 N–H and O–H groups in total. The summed E-state index contributed by atoms with van der Waals surface area (Å²) in [4.78, 5) is 32.7. The van der Waals surface area contributed by atoms with Crippen LogP contribution in [0.2, 0.25) is 0 Å². The summed E-state index contributed by atoms with van der Waals surface area (Å²) in [5.74, 6) is 6.01. The fourth-order valence-electron chi connectivity index (χ4n) is 10.2. The summed E-state index contributed by atoms with van der Waals surface area (Å²) < 4.78 is 15.9. The van der Waals surface area contributed by atoms with Gasteiger partial charge >= 0.3 is 0 Å². The highest BCUT2D eigenvalue weighted by atomic mass is 32.2. The first kappa shape index (κ1) is 51.0. The summed E-state index contributed by atoms with van der Waals surface area (Å²) in [7, 11) is -0.661. The third-order valence-corrected chi connectivity index (χ3v) is 16.2. The molecule has 11 heteroatoms. The molecule has 0 aromatic rings. The van der Waals surface area contributed by atoms with Crippen molar-refractivity contribution >= 4 is 27.4 Å². The molecule has 5 rings (SSSR count). The van der Waals surface area contributed by atoms with E-state index in [1.807, 2.05) is 24.1 Å². The zero-order valence-corrected chi connectivity index (χ0v) is 40.9. The van der Waals surface area contributed by atoms with E-state index in [1.54, 1.807) is 0 Å². The molecule has 4 fully saturated rings. The second-order valence-corrected chi connectivity index (χ2v) is 22.7. The molecule has 3 saturated carbocycles. The molecule has 10 nitrogen and oxygen atoms in total. The van der Waals surface area contributed by atoms with Crippen LogP contribution in [0.15, 0.2) is 72.4 Å². The van der Waals surface area contributed by atoms with Crippen molar-refractivity contribution in [2.45, 2.75) is 169 Å². The van der Waals surface area contributed by atoms with Crippen LogP contribution in [0.3, 0.4) is 0 Å². The standard InChI is InChI=1S/C36H65N5O2.C15H22N2OS/c1-9-18-30(33(37)42)41(25-29-21-14-15-22-36(29,7)8)34(43)32(35(4,5)6)38-26(2)31(28-19-12-10-13-20-28)39-27(3)40-23-16-11-17-24-40;1-5-12-10-13(12)11(2)17-19(4,18)15-9-7-6-8-14(15)16-3/h28-32,38-39H,2-3,9-25H2,1,4-8H3,(H2,37,42);5-6,8,12-13,16H,1-2,4,7,9-10H2,3H3,(H,17,18)/t29-,30?,31?,32?;/m1./s1. The fraction of sp³-hybridized carbons (Fsp3) is 0.706. The highest BCUT2D eigenvalue weighted by molar-refractivity contribution is 8.02. The van der Waals surface area contributed by atoms with Crippen LogP contribution in [-0.4, -0.2) is 76.5 Å². The first-order valence-corrected chi connectivity index (χ1v) is 25.8. The molecule has 1 aliphatic heterocycles. The maximum absolute atomic E-state index is 14.8. The maximum atomic E-state index is 14.8. The lowest BCUT2D eigenvalue weighted by atomic mass is 9.68. The van der Waals surface area contributed by atoms with Gasteiger partial charge in [0.2, 0.25) is 11.8 Å². The lowest BCUT2D eigenvalue weighted by molar-refractivity contribution is -0.145. The molecule has 5 aliphatic rings. The summed E-state index contributed by atoms with van der Waals surface area (Å²) in [5.41, 5.74) is 8.31. The molecule has 4 aliphatic carbocycles. The Hall–Kier alpha value is -3.60. The molecule has 7 atom stereocenters. The number of piperidine rings is 1. The Morgan fingerprint density at radius 3 is 2.23 bits per heavy atom. The van der Waals surface area contributed by atoms with Gasteiger partial charge in [0.15, 0.2) is 0 Å². The summed E-state index contributed by atoms with van der Waals surface area (Å²) in [5, 5.41) is 10.6. The number of primary amides is 1. The van der Waals surface area contributed by atoms with E-state index in [9.17, 15) is 13.8 Å². The molecule has 2 amide bonds. The van der Waals surface area contributed by atoms with Crippen LogP contribution in [0.4, 0.5) is 0 Å². The fourth-order valence-corrected chi connectivity index (χ4v) is 11.8. The Kier molecular flexibility index (Phi) is 18.8. The monoisotopic (exact) mass is 878 g/mol. The number of likely N-dealkylation sites (tertiary alicyclic amines) is 1. The van der Waals surface area contributed by atoms with E-state index in [4.69, 9.17) is 5.73 Å². The smallest absolute Gasteiger partial charge is 0.246 e. The van der Waals surface area contributed by atoms with Gasteiger partial charge in [-0.2, -0.15) is 0 Å². The van der Waals surface area contributed by atoms with Crippen molar-refractivity contribution in [3.63, 3.8) is 0 Å². The minimum absolute atomic E-state index is 0.0133. The predicted molar refractivity (Wildman–Crippen MR) is 263 cm³/mol. The zero-order valence-electron chi connectivity index (χ0n) is 40.1. The van der Waals surface area contributed by atoms with Crippen LogP contribution in [0.5, 0.6) is 0 Å². The van der Waals surface area contributed by atoms with Gasteiger partial charge in [0, 0.05) is 49.7 Å². The van der Waals surface area contributed by atoms with Crippen LogP contribution in [0.1, 0.15) is 151 Å². The van der Waals surface area contributed by atoms with E-state index in [-0.39, 0.29) is 17.4 Å². The van der Waals surface area contributed by atoms with Gasteiger partial charge in [0.1, 0.15) is 12.1 Å². The molecule has 0 bridgehead atoms. The van der Waals surface area contributed by atoms with Crippen molar-refractivity contribution in [2.24, 2.45) is 40.2 Å². The van der Waals surface area contributed by atoms with Gasteiger partial charge in [-0.3, -0.25) is 9.59 Å². The van der Waals surface area contributed by atoms with E-state index in [0.29, 0.717) is 36.6 Å². The molecule has 0 aromatic carbocycles.